The minimum Gasteiger partial charge on any atom is -0.314 e. The van der Waals surface area contributed by atoms with Crippen LogP contribution in [0.4, 0.5) is 4.39 Å². The minimum absolute atomic E-state index is 0.227. The van der Waals surface area contributed by atoms with Gasteiger partial charge in [0.05, 0.1) is 6.26 Å². The molecule has 0 aliphatic rings. The molecule has 114 valence electrons. The first-order chi connectivity index (χ1) is 9.09. The first-order valence-corrected chi connectivity index (χ1v) is 8.43. The van der Waals surface area contributed by atoms with Crippen LogP contribution in [0.3, 0.4) is 0 Å². The molecule has 0 radical (unpaired) electrons. The second-order valence-corrected chi connectivity index (χ2v) is 7.59. The molecule has 4 nitrogen and oxygen atoms in total. The van der Waals surface area contributed by atoms with Crippen LogP contribution in [0.2, 0.25) is 0 Å². The smallest absolute Gasteiger partial charge is 0.209 e. The van der Waals surface area contributed by atoms with Gasteiger partial charge in [0.25, 0.3) is 0 Å². The molecule has 0 saturated carbocycles. The molecule has 1 atom stereocenters. The molecule has 1 rings (SSSR count). The van der Waals surface area contributed by atoms with E-state index in [0.29, 0.717) is 13.1 Å². The van der Waals surface area contributed by atoms with E-state index in [1.54, 1.807) is 12.1 Å². The Morgan fingerprint density at radius 1 is 1.25 bits per heavy atom. The summed E-state index contributed by atoms with van der Waals surface area (Å²) in [6, 6.07) is 6.42. The Morgan fingerprint density at radius 3 is 2.30 bits per heavy atom. The lowest BCUT2D eigenvalue weighted by atomic mass is 10.0. The molecule has 1 aromatic carbocycles. The average molecular weight is 302 g/mol. The lowest BCUT2D eigenvalue weighted by Gasteiger charge is -2.26. The van der Waals surface area contributed by atoms with Crippen LogP contribution in [0.5, 0.6) is 0 Å². The van der Waals surface area contributed by atoms with Gasteiger partial charge in [-0.05, 0) is 37.5 Å². The van der Waals surface area contributed by atoms with Crippen molar-refractivity contribution < 1.29 is 12.8 Å². The molecule has 1 unspecified atom stereocenters. The predicted octanol–water partition coefficient (Wildman–Crippen LogP) is 1.85. The van der Waals surface area contributed by atoms with E-state index in [9.17, 15) is 12.8 Å². The van der Waals surface area contributed by atoms with Crippen LogP contribution >= 0.6 is 0 Å². The van der Waals surface area contributed by atoms with Gasteiger partial charge in [-0.3, -0.25) is 0 Å². The summed E-state index contributed by atoms with van der Waals surface area (Å²) >= 11 is 0. The first-order valence-electron chi connectivity index (χ1n) is 6.54. The van der Waals surface area contributed by atoms with Crippen LogP contribution < -0.4 is 10.0 Å². The third-order valence-corrected chi connectivity index (χ3v) is 3.84. The van der Waals surface area contributed by atoms with Gasteiger partial charge in [0.15, 0.2) is 0 Å². The van der Waals surface area contributed by atoms with Crippen LogP contribution in [0.15, 0.2) is 24.3 Å². The quantitative estimate of drug-likeness (QED) is 0.808. The second-order valence-electron chi connectivity index (χ2n) is 5.84. The Labute approximate surface area is 120 Å². The molecule has 1 aromatic rings. The van der Waals surface area contributed by atoms with Crippen LogP contribution in [-0.4, -0.2) is 33.3 Å². The normalized spacial score (nSPS) is 14.2. The van der Waals surface area contributed by atoms with Gasteiger partial charge in [-0.15, -0.1) is 0 Å². The summed E-state index contributed by atoms with van der Waals surface area (Å²) in [7, 11) is -3.22. The molecule has 2 N–H and O–H groups in total. The number of hydrogen-bond acceptors (Lipinski definition) is 3. The molecule has 0 saturated heterocycles. The molecular weight excluding hydrogens is 279 g/mol. The SMILES string of the molecule is CC(CNCC(C)(C)NS(C)(=O)=O)c1ccc(F)cc1. The van der Waals surface area contributed by atoms with E-state index in [1.165, 1.54) is 12.1 Å². The highest BCUT2D eigenvalue weighted by Gasteiger charge is 2.21. The zero-order valence-corrected chi connectivity index (χ0v) is 13.2. The monoisotopic (exact) mass is 302 g/mol. The number of benzene rings is 1. The lowest BCUT2D eigenvalue weighted by molar-refractivity contribution is 0.416. The average Bonchev–Trinajstić information content (AvgIpc) is 2.26. The van der Waals surface area contributed by atoms with Gasteiger partial charge < -0.3 is 5.32 Å². The Hall–Kier alpha value is -0.980. The summed E-state index contributed by atoms with van der Waals surface area (Å²) < 4.78 is 37.9. The molecule has 0 spiro atoms. The summed E-state index contributed by atoms with van der Waals surface area (Å²) in [6.07, 6.45) is 1.15. The fourth-order valence-corrected chi connectivity index (χ4v) is 3.12. The van der Waals surface area contributed by atoms with Gasteiger partial charge in [-0.2, -0.15) is 0 Å². The molecule has 0 aliphatic carbocycles. The van der Waals surface area contributed by atoms with Crippen molar-refractivity contribution >= 4 is 10.0 Å². The van der Waals surface area contributed by atoms with Crippen LogP contribution in [0, 0.1) is 5.82 Å². The standard InChI is InChI=1S/C14H23FN2O2S/c1-11(12-5-7-13(15)8-6-12)9-16-10-14(2,3)17-20(4,18)19/h5-8,11,16-17H,9-10H2,1-4H3. The maximum absolute atomic E-state index is 12.8. The second kappa shape index (κ2) is 6.65. The van der Waals surface area contributed by atoms with Gasteiger partial charge in [0.2, 0.25) is 10.0 Å². The Balaban J connectivity index is 2.45. The maximum atomic E-state index is 12.8. The van der Waals surface area contributed by atoms with Gasteiger partial charge >= 0.3 is 0 Å². The van der Waals surface area contributed by atoms with E-state index in [0.717, 1.165) is 11.8 Å². The van der Waals surface area contributed by atoms with Crippen molar-refractivity contribution in [3.8, 4) is 0 Å². The van der Waals surface area contributed by atoms with Gasteiger partial charge in [-0.25, -0.2) is 17.5 Å². The summed E-state index contributed by atoms with van der Waals surface area (Å²) in [6.45, 7) is 6.90. The fraction of sp³-hybridized carbons (Fsp3) is 0.571. The van der Waals surface area contributed by atoms with E-state index in [-0.39, 0.29) is 11.7 Å². The van der Waals surface area contributed by atoms with Crippen molar-refractivity contribution in [2.75, 3.05) is 19.3 Å². The molecule has 0 fully saturated rings. The Morgan fingerprint density at radius 2 is 1.80 bits per heavy atom. The predicted molar refractivity (Wildman–Crippen MR) is 79.7 cm³/mol. The molecule has 0 bridgehead atoms. The summed E-state index contributed by atoms with van der Waals surface area (Å²) in [5, 5.41) is 3.24. The van der Waals surface area contributed by atoms with Crippen molar-refractivity contribution in [2.45, 2.75) is 32.2 Å². The van der Waals surface area contributed by atoms with E-state index in [1.807, 2.05) is 20.8 Å². The fourth-order valence-electron chi connectivity index (χ4n) is 2.05. The van der Waals surface area contributed by atoms with Gasteiger partial charge in [0, 0.05) is 18.6 Å². The number of hydrogen-bond donors (Lipinski definition) is 2. The number of sulfonamides is 1. The highest BCUT2D eigenvalue weighted by atomic mass is 32.2. The lowest BCUT2D eigenvalue weighted by Crippen LogP contribution is -2.50. The number of rotatable bonds is 7. The van der Waals surface area contributed by atoms with E-state index in [4.69, 9.17) is 0 Å². The summed E-state index contributed by atoms with van der Waals surface area (Å²) in [5.41, 5.74) is 0.503. The van der Waals surface area contributed by atoms with Crippen LogP contribution in [-0.2, 0) is 10.0 Å². The number of nitrogens with one attached hydrogen (secondary N) is 2. The zero-order valence-electron chi connectivity index (χ0n) is 12.4. The molecule has 0 amide bonds. The van der Waals surface area contributed by atoms with Crippen LogP contribution in [0.25, 0.3) is 0 Å². The molecule has 0 heterocycles. The molecule has 6 heteroatoms. The van der Waals surface area contributed by atoms with Crippen molar-refractivity contribution in [3.05, 3.63) is 35.6 Å². The third-order valence-electron chi connectivity index (χ3n) is 2.92. The number of halogens is 1. The Bertz CT molecular complexity index is 527. The molecule has 0 aliphatic heterocycles. The highest BCUT2D eigenvalue weighted by molar-refractivity contribution is 7.88. The van der Waals surface area contributed by atoms with Gasteiger partial charge in [-0.1, -0.05) is 19.1 Å². The van der Waals surface area contributed by atoms with E-state index < -0.39 is 15.6 Å². The van der Waals surface area contributed by atoms with E-state index in [2.05, 4.69) is 10.0 Å². The largest absolute Gasteiger partial charge is 0.314 e. The van der Waals surface area contributed by atoms with E-state index >= 15 is 0 Å². The molecule has 20 heavy (non-hydrogen) atoms. The van der Waals surface area contributed by atoms with Crippen LogP contribution in [0.1, 0.15) is 32.3 Å². The Kier molecular flexibility index (Phi) is 5.68. The zero-order chi connectivity index (χ0) is 15.4. The van der Waals surface area contributed by atoms with Crippen molar-refractivity contribution in [2.24, 2.45) is 0 Å². The van der Waals surface area contributed by atoms with Crippen molar-refractivity contribution in [1.29, 1.82) is 0 Å². The minimum atomic E-state index is -3.22. The maximum Gasteiger partial charge on any atom is 0.209 e. The van der Waals surface area contributed by atoms with Crippen molar-refractivity contribution in [3.63, 3.8) is 0 Å². The van der Waals surface area contributed by atoms with Crippen molar-refractivity contribution in [1.82, 2.24) is 10.0 Å². The first kappa shape index (κ1) is 17.1. The third kappa shape index (κ3) is 6.45. The summed E-state index contributed by atoms with van der Waals surface area (Å²) in [4.78, 5) is 0. The summed E-state index contributed by atoms with van der Waals surface area (Å²) in [5.74, 6) is -0.0166. The molecular formula is C14H23FN2O2S. The molecule has 0 aromatic heterocycles. The topological polar surface area (TPSA) is 58.2 Å². The van der Waals surface area contributed by atoms with Gasteiger partial charge in [0.1, 0.15) is 5.82 Å². The highest BCUT2D eigenvalue weighted by Crippen LogP contribution is 2.14.